The van der Waals surface area contributed by atoms with E-state index in [1.807, 2.05) is 0 Å². The molecule has 0 saturated heterocycles. The van der Waals surface area contributed by atoms with Gasteiger partial charge >= 0.3 is 12.2 Å². The summed E-state index contributed by atoms with van der Waals surface area (Å²) in [7, 11) is 0. The standard InChI is InChI=1S/C25H21F3N6O2/c1-14-7-8-15(9-20(14)25(26,27)28)12-30-23-19-11-17(10-18(22(29)35)21(19)31-13-32-23)34-24(36)33-16-5-3-2-4-6-16/h2-11,13H,12H2,1H3,(H2,29,35)(H,30,31,32)(H2,33,34,36). The molecule has 3 amide bonds. The van der Waals surface area contributed by atoms with E-state index in [1.165, 1.54) is 25.4 Å². The van der Waals surface area contributed by atoms with E-state index in [9.17, 15) is 22.8 Å². The molecule has 0 aliphatic rings. The zero-order chi connectivity index (χ0) is 25.9. The van der Waals surface area contributed by atoms with E-state index in [2.05, 4.69) is 25.9 Å². The number of nitrogens with zero attached hydrogens (tertiary/aromatic N) is 2. The van der Waals surface area contributed by atoms with Gasteiger partial charge in [0, 0.05) is 23.3 Å². The maximum Gasteiger partial charge on any atom is 0.416 e. The second-order valence-electron chi connectivity index (χ2n) is 7.95. The fraction of sp³-hybridized carbons (Fsp3) is 0.120. The quantitative estimate of drug-likeness (QED) is 0.289. The number of hydrogen-bond donors (Lipinski definition) is 4. The number of nitrogens with one attached hydrogen (secondary N) is 3. The number of nitrogens with two attached hydrogens (primary N) is 1. The second-order valence-corrected chi connectivity index (χ2v) is 7.95. The van der Waals surface area contributed by atoms with Gasteiger partial charge in [-0.25, -0.2) is 14.8 Å². The number of hydrogen-bond acceptors (Lipinski definition) is 5. The first kappa shape index (κ1) is 24.5. The van der Waals surface area contributed by atoms with Crippen LogP contribution in [0.3, 0.4) is 0 Å². The average Bonchev–Trinajstić information content (AvgIpc) is 2.83. The van der Waals surface area contributed by atoms with Crippen molar-refractivity contribution in [1.82, 2.24) is 9.97 Å². The van der Waals surface area contributed by atoms with Crippen molar-refractivity contribution in [2.24, 2.45) is 5.73 Å². The Balaban J connectivity index is 1.64. The van der Waals surface area contributed by atoms with E-state index < -0.39 is 23.7 Å². The van der Waals surface area contributed by atoms with Gasteiger partial charge in [-0.1, -0.05) is 30.3 Å². The summed E-state index contributed by atoms with van der Waals surface area (Å²) in [6, 6.07) is 15.2. The molecule has 0 saturated carbocycles. The Bertz CT molecular complexity index is 1440. The summed E-state index contributed by atoms with van der Waals surface area (Å²) in [4.78, 5) is 32.9. The molecule has 184 valence electrons. The average molecular weight is 494 g/mol. The van der Waals surface area contributed by atoms with Gasteiger partial charge in [-0.3, -0.25) is 4.79 Å². The van der Waals surface area contributed by atoms with Crippen molar-refractivity contribution in [2.45, 2.75) is 19.6 Å². The first-order chi connectivity index (χ1) is 17.1. The van der Waals surface area contributed by atoms with Crippen LogP contribution in [0, 0.1) is 6.92 Å². The molecule has 0 aliphatic heterocycles. The number of rotatable bonds is 6. The van der Waals surface area contributed by atoms with Crippen molar-refractivity contribution >= 4 is 40.0 Å². The molecule has 4 rings (SSSR count). The number of anilines is 3. The predicted octanol–water partition coefficient (Wildman–Crippen LogP) is 5.31. The number of primary amides is 1. The van der Waals surface area contributed by atoms with Crippen LogP contribution in [0.4, 0.5) is 35.2 Å². The number of amides is 3. The van der Waals surface area contributed by atoms with Crippen LogP contribution < -0.4 is 21.7 Å². The molecule has 1 aromatic heterocycles. The number of benzene rings is 3. The Morgan fingerprint density at radius 2 is 1.67 bits per heavy atom. The fourth-order valence-corrected chi connectivity index (χ4v) is 3.65. The maximum atomic E-state index is 13.3. The Morgan fingerprint density at radius 1 is 0.944 bits per heavy atom. The van der Waals surface area contributed by atoms with E-state index in [1.54, 1.807) is 42.5 Å². The lowest BCUT2D eigenvalue weighted by atomic mass is 10.0. The molecule has 0 bridgehead atoms. The van der Waals surface area contributed by atoms with Gasteiger partial charge < -0.3 is 21.7 Å². The highest BCUT2D eigenvalue weighted by Crippen LogP contribution is 2.33. The molecule has 0 fully saturated rings. The van der Waals surface area contributed by atoms with E-state index in [-0.39, 0.29) is 34.7 Å². The van der Waals surface area contributed by atoms with Crippen LogP contribution in [0.5, 0.6) is 0 Å². The largest absolute Gasteiger partial charge is 0.416 e. The summed E-state index contributed by atoms with van der Waals surface area (Å²) >= 11 is 0. The Labute approximate surface area is 203 Å². The number of aryl methyl sites for hydroxylation is 1. The lowest BCUT2D eigenvalue weighted by molar-refractivity contribution is -0.138. The smallest absolute Gasteiger partial charge is 0.366 e. The number of halogens is 3. The Morgan fingerprint density at radius 3 is 2.36 bits per heavy atom. The number of urea groups is 1. The van der Waals surface area contributed by atoms with E-state index in [0.29, 0.717) is 16.6 Å². The number of carbonyl (C=O) groups excluding carboxylic acids is 2. The molecule has 0 radical (unpaired) electrons. The van der Waals surface area contributed by atoms with Gasteiger partial charge in [-0.2, -0.15) is 13.2 Å². The summed E-state index contributed by atoms with van der Waals surface area (Å²) < 4.78 is 39.8. The second kappa shape index (κ2) is 9.90. The van der Waals surface area contributed by atoms with Crippen LogP contribution in [0.1, 0.15) is 27.0 Å². The summed E-state index contributed by atoms with van der Waals surface area (Å²) in [5, 5.41) is 8.65. The van der Waals surface area contributed by atoms with Gasteiger partial charge in [0.2, 0.25) is 0 Å². The van der Waals surface area contributed by atoms with Crippen molar-refractivity contribution in [3.8, 4) is 0 Å². The summed E-state index contributed by atoms with van der Waals surface area (Å²) in [5.74, 6) is -0.520. The molecule has 4 aromatic rings. The number of alkyl halides is 3. The Kier molecular flexibility index (Phi) is 6.73. The maximum absolute atomic E-state index is 13.3. The molecule has 11 heteroatoms. The fourth-order valence-electron chi connectivity index (χ4n) is 3.65. The monoisotopic (exact) mass is 494 g/mol. The third-order valence-corrected chi connectivity index (χ3v) is 5.36. The molecule has 36 heavy (non-hydrogen) atoms. The van der Waals surface area contributed by atoms with Crippen molar-refractivity contribution in [3.63, 3.8) is 0 Å². The van der Waals surface area contributed by atoms with Crippen LogP contribution >= 0.6 is 0 Å². The van der Waals surface area contributed by atoms with Crippen LogP contribution in [-0.2, 0) is 12.7 Å². The molecule has 0 spiro atoms. The van der Waals surface area contributed by atoms with Gasteiger partial charge in [0.05, 0.1) is 16.6 Å². The number of aromatic nitrogens is 2. The van der Waals surface area contributed by atoms with Crippen LogP contribution in [0.15, 0.2) is 67.0 Å². The first-order valence-corrected chi connectivity index (χ1v) is 10.7. The SMILES string of the molecule is Cc1ccc(CNc2ncnc3c(C(N)=O)cc(NC(=O)Nc4ccccc4)cc23)cc1C(F)(F)F. The third kappa shape index (κ3) is 5.52. The van der Waals surface area contributed by atoms with Crippen LogP contribution in [-0.4, -0.2) is 21.9 Å². The molecule has 0 unspecified atom stereocenters. The van der Waals surface area contributed by atoms with Crippen LogP contribution in [0.25, 0.3) is 10.9 Å². The van der Waals surface area contributed by atoms with Gasteiger partial charge in [0.15, 0.2) is 0 Å². The van der Waals surface area contributed by atoms with Crippen molar-refractivity contribution in [3.05, 3.63) is 89.2 Å². The normalized spacial score (nSPS) is 11.2. The molecule has 3 aromatic carbocycles. The summed E-state index contributed by atoms with van der Waals surface area (Å²) in [6.45, 7) is 1.42. The van der Waals surface area contributed by atoms with Gasteiger partial charge in [0.1, 0.15) is 12.1 Å². The van der Waals surface area contributed by atoms with E-state index in [4.69, 9.17) is 5.73 Å². The molecule has 8 nitrogen and oxygen atoms in total. The number of fused-ring (bicyclic) bond motifs is 1. The van der Waals surface area contributed by atoms with E-state index >= 15 is 0 Å². The molecule has 1 heterocycles. The molecule has 0 atom stereocenters. The highest BCUT2D eigenvalue weighted by Gasteiger charge is 2.32. The topological polar surface area (TPSA) is 122 Å². The molecular formula is C25H21F3N6O2. The number of carbonyl (C=O) groups is 2. The zero-order valence-corrected chi connectivity index (χ0v) is 19.0. The minimum absolute atomic E-state index is 0.0214. The first-order valence-electron chi connectivity index (χ1n) is 10.7. The zero-order valence-electron chi connectivity index (χ0n) is 19.0. The van der Waals surface area contributed by atoms with Gasteiger partial charge in [-0.05, 0) is 48.4 Å². The lowest BCUT2D eigenvalue weighted by Crippen LogP contribution is -2.20. The molecule has 0 aliphatic carbocycles. The highest BCUT2D eigenvalue weighted by atomic mass is 19.4. The minimum Gasteiger partial charge on any atom is -0.366 e. The van der Waals surface area contributed by atoms with E-state index in [0.717, 1.165) is 6.07 Å². The third-order valence-electron chi connectivity index (χ3n) is 5.36. The minimum atomic E-state index is -4.47. The van der Waals surface area contributed by atoms with Crippen molar-refractivity contribution < 1.29 is 22.8 Å². The molecular weight excluding hydrogens is 473 g/mol. The van der Waals surface area contributed by atoms with Gasteiger partial charge in [0.25, 0.3) is 5.91 Å². The number of para-hydroxylation sites is 1. The Hall–Kier alpha value is -4.67. The van der Waals surface area contributed by atoms with Crippen molar-refractivity contribution in [1.29, 1.82) is 0 Å². The summed E-state index contributed by atoms with van der Waals surface area (Å²) in [5.41, 5.74) is 6.40. The lowest BCUT2D eigenvalue weighted by Gasteiger charge is -2.15. The van der Waals surface area contributed by atoms with Crippen molar-refractivity contribution in [2.75, 3.05) is 16.0 Å². The predicted molar refractivity (Wildman–Crippen MR) is 131 cm³/mol. The highest BCUT2D eigenvalue weighted by molar-refractivity contribution is 6.10. The summed E-state index contributed by atoms with van der Waals surface area (Å²) in [6.07, 6.45) is -3.26. The van der Waals surface area contributed by atoms with Crippen LogP contribution in [0.2, 0.25) is 0 Å². The van der Waals surface area contributed by atoms with Gasteiger partial charge in [-0.15, -0.1) is 0 Å². The molecule has 5 N–H and O–H groups in total.